The number of nitrogens with zero attached hydrogens (tertiary/aromatic N) is 3. The monoisotopic (exact) mass is 286 g/mol. The fraction of sp³-hybridized carbons (Fsp3) is 0.333. The number of aryl methyl sites for hydroxylation is 1. The molecule has 1 N–H and O–H groups in total. The van der Waals surface area contributed by atoms with Crippen molar-refractivity contribution in [1.29, 1.82) is 0 Å². The first-order chi connectivity index (χ1) is 10.1. The van der Waals surface area contributed by atoms with E-state index < -0.39 is 4.92 Å². The van der Waals surface area contributed by atoms with E-state index in [2.05, 4.69) is 22.2 Å². The van der Waals surface area contributed by atoms with Gasteiger partial charge in [0.1, 0.15) is 5.82 Å². The third-order valence-electron chi connectivity index (χ3n) is 3.09. The molecule has 21 heavy (non-hydrogen) atoms. The molecule has 0 saturated heterocycles. The summed E-state index contributed by atoms with van der Waals surface area (Å²) in [4.78, 5) is 19.3. The minimum Gasteiger partial charge on any atom is -0.370 e. The van der Waals surface area contributed by atoms with Crippen LogP contribution in [0.4, 0.5) is 11.5 Å². The highest BCUT2D eigenvalue weighted by Crippen LogP contribution is 2.19. The molecule has 0 unspecified atom stereocenters. The van der Waals surface area contributed by atoms with Crippen molar-refractivity contribution in [3.8, 4) is 0 Å². The first-order valence-electron chi connectivity index (χ1n) is 6.95. The highest BCUT2D eigenvalue weighted by atomic mass is 16.6. The van der Waals surface area contributed by atoms with Gasteiger partial charge in [0.15, 0.2) is 0 Å². The maximum absolute atomic E-state index is 11.0. The van der Waals surface area contributed by atoms with Crippen LogP contribution in [-0.2, 0) is 12.8 Å². The zero-order valence-electron chi connectivity index (χ0n) is 12.2. The van der Waals surface area contributed by atoms with Gasteiger partial charge in [-0.25, -0.2) is 4.98 Å². The van der Waals surface area contributed by atoms with Gasteiger partial charge >= 0.3 is 0 Å². The molecule has 0 radical (unpaired) electrons. The number of nitrogens with one attached hydrogen (secondary N) is 1. The Morgan fingerprint density at radius 3 is 2.62 bits per heavy atom. The number of hydrogen-bond acceptors (Lipinski definition) is 5. The quantitative estimate of drug-likeness (QED) is 0.652. The second-order valence-corrected chi connectivity index (χ2v) is 4.68. The van der Waals surface area contributed by atoms with Crippen LogP contribution in [0.25, 0.3) is 0 Å². The number of aromatic nitrogens is 2. The van der Waals surface area contributed by atoms with Gasteiger partial charge in [0.25, 0.3) is 5.69 Å². The van der Waals surface area contributed by atoms with E-state index in [9.17, 15) is 10.1 Å². The van der Waals surface area contributed by atoms with Crippen molar-refractivity contribution in [3.05, 3.63) is 57.5 Å². The molecule has 6 nitrogen and oxygen atoms in total. The second kappa shape index (κ2) is 6.78. The Labute approximate surface area is 123 Å². The van der Waals surface area contributed by atoms with E-state index in [1.807, 2.05) is 25.3 Å². The minimum absolute atomic E-state index is 0.0427. The summed E-state index contributed by atoms with van der Waals surface area (Å²) in [5.41, 5.74) is 2.69. The van der Waals surface area contributed by atoms with E-state index in [0.717, 1.165) is 12.1 Å². The molecule has 0 aromatic carbocycles. The van der Waals surface area contributed by atoms with Crippen molar-refractivity contribution in [2.75, 3.05) is 11.9 Å². The Balaban J connectivity index is 2.26. The van der Waals surface area contributed by atoms with Crippen LogP contribution in [0.1, 0.15) is 30.8 Å². The van der Waals surface area contributed by atoms with Crippen LogP contribution in [0, 0.1) is 10.1 Å². The van der Waals surface area contributed by atoms with Gasteiger partial charge in [0.05, 0.1) is 16.7 Å². The van der Waals surface area contributed by atoms with E-state index >= 15 is 0 Å². The van der Waals surface area contributed by atoms with Gasteiger partial charge in [0, 0.05) is 30.9 Å². The van der Waals surface area contributed by atoms with Crippen LogP contribution < -0.4 is 5.32 Å². The summed E-state index contributed by atoms with van der Waals surface area (Å²) in [6.45, 7) is 4.66. The number of anilines is 1. The van der Waals surface area contributed by atoms with Crippen molar-refractivity contribution in [2.45, 2.75) is 26.7 Å². The molecule has 0 aliphatic carbocycles. The fourth-order valence-electron chi connectivity index (χ4n) is 1.99. The van der Waals surface area contributed by atoms with Gasteiger partial charge in [-0.3, -0.25) is 15.1 Å². The summed E-state index contributed by atoms with van der Waals surface area (Å²) >= 11 is 0. The summed E-state index contributed by atoms with van der Waals surface area (Å²) in [6, 6.07) is 6.90. The SMILES string of the molecule is CCNc1cc([N+](=O)[O-])cc(Cc2ccc(CC)cn2)n1. The minimum atomic E-state index is -0.403. The molecule has 110 valence electrons. The van der Waals surface area contributed by atoms with Crippen LogP contribution >= 0.6 is 0 Å². The molecule has 2 heterocycles. The van der Waals surface area contributed by atoms with Crippen LogP contribution in [0.2, 0.25) is 0 Å². The highest BCUT2D eigenvalue weighted by molar-refractivity contribution is 5.47. The Morgan fingerprint density at radius 1 is 1.24 bits per heavy atom. The second-order valence-electron chi connectivity index (χ2n) is 4.68. The molecule has 2 aromatic rings. The van der Waals surface area contributed by atoms with Gasteiger partial charge < -0.3 is 5.32 Å². The molecule has 0 fully saturated rings. The lowest BCUT2D eigenvalue weighted by atomic mass is 10.1. The molecular formula is C15H18N4O2. The van der Waals surface area contributed by atoms with Gasteiger partial charge in [-0.1, -0.05) is 13.0 Å². The lowest BCUT2D eigenvalue weighted by Gasteiger charge is -2.06. The van der Waals surface area contributed by atoms with E-state index in [1.165, 1.54) is 17.7 Å². The molecule has 0 amide bonds. The van der Waals surface area contributed by atoms with Crippen molar-refractivity contribution in [3.63, 3.8) is 0 Å². The van der Waals surface area contributed by atoms with Crippen LogP contribution in [-0.4, -0.2) is 21.4 Å². The maximum atomic E-state index is 11.0. The Kier molecular flexibility index (Phi) is 4.81. The zero-order valence-corrected chi connectivity index (χ0v) is 12.2. The molecule has 0 aliphatic heterocycles. The lowest BCUT2D eigenvalue weighted by Crippen LogP contribution is -2.04. The zero-order chi connectivity index (χ0) is 15.2. The average molecular weight is 286 g/mol. The summed E-state index contributed by atoms with van der Waals surface area (Å²) in [5.74, 6) is 0.520. The number of pyridine rings is 2. The number of rotatable bonds is 6. The predicted molar refractivity (Wildman–Crippen MR) is 81.5 cm³/mol. The molecule has 2 aromatic heterocycles. The normalized spacial score (nSPS) is 10.4. The summed E-state index contributed by atoms with van der Waals surface area (Å²) in [7, 11) is 0. The molecule has 0 bridgehead atoms. The average Bonchev–Trinajstić information content (AvgIpc) is 2.48. The van der Waals surface area contributed by atoms with Crippen molar-refractivity contribution in [2.24, 2.45) is 0 Å². The molecule has 0 saturated carbocycles. The van der Waals surface area contributed by atoms with Crippen LogP contribution in [0.3, 0.4) is 0 Å². The first-order valence-corrected chi connectivity index (χ1v) is 6.95. The Bertz CT molecular complexity index is 626. The standard InChI is InChI=1S/C15H18N4O2/c1-3-11-5-6-12(17-10-11)7-13-8-14(19(20)21)9-15(18-13)16-4-2/h5-6,8-10H,3-4,7H2,1-2H3,(H,16,18). The Morgan fingerprint density at radius 2 is 2.05 bits per heavy atom. The third-order valence-corrected chi connectivity index (χ3v) is 3.09. The molecule has 0 spiro atoms. The van der Waals surface area contributed by atoms with Gasteiger partial charge in [-0.05, 0) is 25.0 Å². The Hall–Kier alpha value is -2.50. The summed E-state index contributed by atoms with van der Waals surface area (Å²) in [6.07, 6.45) is 3.24. The van der Waals surface area contributed by atoms with Crippen LogP contribution in [0.5, 0.6) is 0 Å². The maximum Gasteiger partial charge on any atom is 0.274 e. The fourth-order valence-corrected chi connectivity index (χ4v) is 1.99. The lowest BCUT2D eigenvalue weighted by molar-refractivity contribution is -0.384. The van der Waals surface area contributed by atoms with Crippen molar-refractivity contribution in [1.82, 2.24) is 9.97 Å². The first kappa shape index (κ1) is 14.9. The topological polar surface area (TPSA) is 81.0 Å². The third kappa shape index (κ3) is 3.98. The van der Waals surface area contributed by atoms with Crippen LogP contribution in [0.15, 0.2) is 30.5 Å². The summed E-state index contributed by atoms with van der Waals surface area (Å²) in [5, 5.41) is 14.0. The molecule has 0 aliphatic rings. The van der Waals surface area contributed by atoms with Gasteiger partial charge in [-0.2, -0.15) is 0 Å². The molecule has 0 atom stereocenters. The van der Waals surface area contributed by atoms with Crippen molar-refractivity contribution >= 4 is 11.5 Å². The predicted octanol–water partition coefficient (Wildman–Crippen LogP) is 2.97. The van der Waals surface area contributed by atoms with E-state index in [-0.39, 0.29) is 5.69 Å². The smallest absolute Gasteiger partial charge is 0.274 e. The largest absolute Gasteiger partial charge is 0.370 e. The number of hydrogen-bond donors (Lipinski definition) is 1. The van der Waals surface area contributed by atoms with E-state index in [4.69, 9.17) is 0 Å². The van der Waals surface area contributed by atoms with Gasteiger partial charge in [0.2, 0.25) is 0 Å². The van der Waals surface area contributed by atoms with Gasteiger partial charge in [-0.15, -0.1) is 0 Å². The molecule has 2 rings (SSSR count). The van der Waals surface area contributed by atoms with E-state index in [0.29, 0.717) is 24.5 Å². The van der Waals surface area contributed by atoms with E-state index in [1.54, 1.807) is 0 Å². The molecular weight excluding hydrogens is 268 g/mol. The molecule has 6 heteroatoms. The number of nitro groups is 1. The summed E-state index contributed by atoms with van der Waals surface area (Å²) < 4.78 is 0. The highest BCUT2D eigenvalue weighted by Gasteiger charge is 2.11. The van der Waals surface area contributed by atoms with Crippen molar-refractivity contribution < 1.29 is 4.92 Å².